The number of hydrogen-bond donors (Lipinski definition) is 2. The van der Waals surface area contributed by atoms with Gasteiger partial charge in [-0.05, 0) is 5.56 Å². The third-order valence-corrected chi connectivity index (χ3v) is 3.09. The molecule has 96 valence electrons. The molecule has 0 saturated carbocycles. The van der Waals surface area contributed by atoms with Gasteiger partial charge in [0.15, 0.2) is 0 Å². The summed E-state index contributed by atoms with van der Waals surface area (Å²) in [6.07, 6.45) is 0.310. The minimum atomic E-state index is -0.532. The molecule has 0 radical (unpaired) electrons. The van der Waals surface area contributed by atoms with Crippen molar-refractivity contribution in [3.63, 3.8) is 0 Å². The Balaban J connectivity index is 2.05. The summed E-state index contributed by atoms with van der Waals surface area (Å²) in [5.74, 6) is -0.505. The Bertz CT molecular complexity index is 433. The number of nitrogens with zero attached hydrogens (tertiary/aromatic N) is 1. The van der Waals surface area contributed by atoms with E-state index in [9.17, 15) is 9.59 Å². The maximum atomic E-state index is 12.2. The van der Waals surface area contributed by atoms with E-state index < -0.39 is 11.9 Å². The molecule has 1 aromatic rings. The second-order valence-corrected chi connectivity index (χ2v) is 4.37. The first kappa shape index (κ1) is 12.6. The average Bonchev–Trinajstić information content (AvgIpc) is 2.40. The fraction of sp³-hybridized carbons (Fsp3) is 0.385. The molecule has 2 amide bonds. The molecule has 0 aromatic heterocycles. The molecule has 2 rings (SSSR count). The Kier molecular flexibility index (Phi) is 3.94. The molecule has 1 heterocycles. The minimum absolute atomic E-state index is 0.0495. The van der Waals surface area contributed by atoms with Crippen LogP contribution in [0.3, 0.4) is 0 Å². The fourth-order valence-corrected chi connectivity index (χ4v) is 2.13. The zero-order chi connectivity index (χ0) is 13.0. The van der Waals surface area contributed by atoms with Crippen molar-refractivity contribution < 1.29 is 9.59 Å². The van der Waals surface area contributed by atoms with E-state index in [4.69, 9.17) is 5.73 Å². The van der Waals surface area contributed by atoms with Crippen LogP contribution in [-0.2, 0) is 16.0 Å². The molecule has 18 heavy (non-hydrogen) atoms. The van der Waals surface area contributed by atoms with E-state index in [1.165, 1.54) is 0 Å². The number of amides is 2. The predicted octanol–water partition coefficient (Wildman–Crippen LogP) is -0.485. The second kappa shape index (κ2) is 5.64. The molecular formula is C13H17N3O2. The number of primary amides is 1. The van der Waals surface area contributed by atoms with Crippen LogP contribution in [0.25, 0.3) is 0 Å². The number of piperazine rings is 1. The second-order valence-electron chi connectivity index (χ2n) is 4.37. The normalized spacial score (nSPS) is 19.6. The molecular weight excluding hydrogens is 230 g/mol. The number of nitrogens with two attached hydrogens (primary N) is 1. The highest BCUT2D eigenvalue weighted by atomic mass is 16.2. The molecule has 1 unspecified atom stereocenters. The van der Waals surface area contributed by atoms with Crippen molar-refractivity contribution in [2.24, 2.45) is 5.73 Å². The van der Waals surface area contributed by atoms with Gasteiger partial charge in [-0.1, -0.05) is 30.3 Å². The Morgan fingerprint density at radius 3 is 2.72 bits per heavy atom. The van der Waals surface area contributed by atoms with Crippen molar-refractivity contribution in [1.29, 1.82) is 0 Å². The smallest absolute Gasteiger partial charge is 0.241 e. The third-order valence-electron chi connectivity index (χ3n) is 3.09. The van der Waals surface area contributed by atoms with Crippen LogP contribution in [0.2, 0.25) is 0 Å². The molecule has 0 spiro atoms. The van der Waals surface area contributed by atoms with Gasteiger partial charge in [0.25, 0.3) is 0 Å². The lowest BCUT2D eigenvalue weighted by Gasteiger charge is -2.34. The molecule has 5 heteroatoms. The molecule has 1 fully saturated rings. The van der Waals surface area contributed by atoms with Gasteiger partial charge in [-0.15, -0.1) is 0 Å². The first-order valence-electron chi connectivity index (χ1n) is 6.02. The van der Waals surface area contributed by atoms with Gasteiger partial charge >= 0.3 is 0 Å². The van der Waals surface area contributed by atoms with E-state index in [0.29, 0.717) is 26.1 Å². The summed E-state index contributed by atoms with van der Waals surface area (Å²) in [7, 11) is 0. The molecule has 1 aliphatic rings. The summed E-state index contributed by atoms with van der Waals surface area (Å²) in [6, 6.07) is 8.97. The van der Waals surface area contributed by atoms with Crippen LogP contribution in [-0.4, -0.2) is 42.4 Å². The predicted molar refractivity (Wildman–Crippen MR) is 67.7 cm³/mol. The van der Waals surface area contributed by atoms with E-state index in [2.05, 4.69) is 5.32 Å². The van der Waals surface area contributed by atoms with Crippen molar-refractivity contribution in [1.82, 2.24) is 10.2 Å². The Labute approximate surface area is 106 Å². The lowest BCUT2D eigenvalue weighted by Crippen LogP contribution is -2.59. The number of carbonyl (C=O) groups is 2. The van der Waals surface area contributed by atoms with Crippen LogP contribution in [0, 0.1) is 0 Å². The topological polar surface area (TPSA) is 75.4 Å². The minimum Gasteiger partial charge on any atom is -0.368 e. The standard InChI is InChI=1S/C13H17N3O2/c14-13(18)11-9-15-6-7-16(11)12(17)8-10-4-2-1-3-5-10/h1-5,11,15H,6-9H2,(H2,14,18). The number of hydrogen-bond acceptors (Lipinski definition) is 3. The molecule has 1 aromatic carbocycles. The maximum Gasteiger partial charge on any atom is 0.241 e. The lowest BCUT2D eigenvalue weighted by atomic mass is 10.1. The van der Waals surface area contributed by atoms with E-state index in [0.717, 1.165) is 5.56 Å². The quantitative estimate of drug-likeness (QED) is 0.757. The summed E-state index contributed by atoms with van der Waals surface area (Å²) in [6.45, 7) is 1.67. The monoisotopic (exact) mass is 247 g/mol. The highest BCUT2D eigenvalue weighted by Gasteiger charge is 2.30. The average molecular weight is 247 g/mol. The number of carbonyl (C=O) groups excluding carboxylic acids is 2. The first-order chi connectivity index (χ1) is 8.68. The van der Waals surface area contributed by atoms with Crippen molar-refractivity contribution >= 4 is 11.8 Å². The highest BCUT2D eigenvalue weighted by Crippen LogP contribution is 2.08. The van der Waals surface area contributed by atoms with Gasteiger partial charge in [0, 0.05) is 19.6 Å². The number of rotatable bonds is 3. The van der Waals surface area contributed by atoms with E-state index in [1.807, 2.05) is 30.3 Å². The van der Waals surface area contributed by atoms with E-state index in [1.54, 1.807) is 4.90 Å². The van der Waals surface area contributed by atoms with Crippen molar-refractivity contribution in [2.45, 2.75) is 12.5 Å². The fourth-order valence-electron chi connectivity index (χ4n) is 2.13. The summed E-state index contributed by atoms with van der Waals surface area (Å²) < 4.78 is 0. The van der Waals surface area contributed by atoms with Crippen molar-refractivity contribution in [2.75, 3.05) is 19.6 Å². The first-order valence-corrected chi connectivity index (χ1v) is 6.02. The largest absolute Gasteiger partial charge is 0.368 e. The van der Waals surface area contributed by atoms with Crippen LogP contribution in [0.15, 0.2) is 30.3 Å². The van der Waals surface area contributed by atoms with Crippen LogP contribution in [0.5, 0.6) is 0 Å². The summed E-state index contributed by atoms with van der Waals surface area (Å²) in [5, 5.41) is 3.07. The van der Waals surface area contributed by atoms with Crippen LogP contribution in [0.1, 0.15) is 5.56 Å². The maximum absolute atomic E-state index is 12.2. The Morgan fingerprint density at radius 1 is 1.33 bits per heavy atom. The Morgan fingerprint density at radius 2 is 2.06 bits per heavy atom. The lowest BCUT2D eigenvalue weighted by molar-refractivity contribution is -0.139. The van der Waals surface area contributed by atoms with Gasteiger partial charge in [-0.3, -0.25) is 9.59 Å². The molecule has 1 aliphatic heterocycles. The van der Waals surface area contributed by atoms with Crippen molar-refractivity contribution in [3.05, 3.63) is 35.9 Å². The molecule has 1 atom stereocenters. The molecule has 5 nitrogen and oxygen atoms in total. The summed E-state index contributed by atoms with van der Waals surface area (Å²) in [5.41, 5.74) is 6.26. The van der Waals surface area contributed by atoms with Crippen LogP contribution < -0.4 is 11.1 Å². The zero-order valence-corrected chi connectivity index (χ0v) is 10.1. The van der Waals surface area contributed by atoms with Gasteiger partial charge in [-0.2, -0.15) is 0 Å². The summed E-state index contributed by atoms with van der Waals surface area (Å²) >= 11 is 0. The molecule has 0 bridgehead atoms. The van der Waals surface area contributed by atoms with E-state index >= 15 is 0 Å². The molecule has 1 saturated heterocycles. The van der Waals surface area contributed by atoms with Gasteiger partial charge in [0.2, 0.25) is 11.8 Å². The van der Waals surface area contributed by atoms with Gasteiger partial charge < -0.3 is 16.0 Å². The van der Waals surface area contributed by atoms with Crippen LogP contribution >= 0.6 is 0 Å². The van der Waals surface area contributed by atoms with Gasteiger partial charge in [0.05, 0.1) is 6.42 Å². The van der Waals surface area contributed by atoms with Gasteiger partial charge in [-0.25, -0.2) is 0 Å². The molecule has 0 aliphatic carbocycles. The van der Waals surface area contributed by atoms with Crippen LogP contribution in [0.4, 0.5) is 0 Å². The Hall–Kier alpha value is -1.88. The molecule has 3 N–H and O–H groups in total. The van der Waals surface area contributed by atoms with Gasteiger partial charge in [0.1, 0.15) is 6.04 Å². The SMILES string of the molecule is NC(=O)C1CNCCN1C(=O)Cc1ccccc1. The highest BCUT2D eigenvalue weighted by molar-refractivity contribution is 5.88. The third kappa shape index (κ3) is 2.87. The number of benzene rings is 1. The van der Waals surface area contributed by atoms with E-state index in [-0.39, 0.29) is 5.91 Å². The zero-order valence-electron chi connectivity index (χ0n) is 10.1. The van der Waals surface area contributed by atoms with Crippen molar-refractivity contribution in [3.8, 4) is 0 Å². The summed E-state index contributed by atoms with van der Waals surface area (Å²) in [4.78, 5) is 25.1. The number of nitrogens with one attached hydrogen (secondary N) is 1.